The van der Waals surface area contributed by atoms with Crippen LogP contribution >= 0.6 is 0 Å². The molecule has 206 valence electrons. The van der Waals surface area contributed by atoms with Crippen LogP contribution in [0.5, 0.6) is 0 Å². The molecule has 2 aliphatic carbocycles. The molecule has 2 atom stereocenters. The van der Waals surface area contributed by atoms with Gasteiger partial charge in [-0.05, 0) is 60.8 Å². The van der Waals surface area contributed by atoms with E-state index in [1.54, 1.807) is 0 Å². The largest absolute Gasteiger partial charge is 0.480 e. The Balaban J connectivity index is 1.15. The van der Waals surface area contributed by atoms with E-state index in [1.165, 1.54) is 0 Å². The topological polar surface area (TPSA) is 114 Å². The Morgan fingerprint density at radius 2 is 1.69 bits per heavy atom. The molecule has 2 aliphatic rings. The van der Waals surface area contributed by atoms with Gasteiger partial charge in [-0.3, -0.25) is 4.79 Å². The molecule has 0 saturated carbocycles. The van der Waals surface area contributed by atoms with Gasteiger partial charge in [0.05, 0.1) is 0 Å². The van der Waals surface area contributed by atoms with Gasteiger partial charge in [0.1, 0.15) is 25.4 Å². The molecule has 0 bridgehead atoms. The van der Waals surface area contributed by atoms with E-state index in [1.807, 2.05) is 36.4 Å². The lowest BCUT2D eigenvalue weighted by molar-refractivity contribution is -0.139. The monoisotopic (exact) mass is 532 g/mol. The first-order chi connectivity index (χ1) is 19.0. The Bertz CT molecular complexity index is 1170. The fourth-order valence-corrected chi connectivity index (χ4v) is 5.07. The second-order valence-electron chi connectivity index (χ2n) is 9.93. The number of unbranched alkanes of at least 4 members (excludes halogenated alkanes) is 1. The number of rotatable bonds is 12. The summed E-state index contributed by atoms with van der Waals surface area (Å²) >= 11 is 0. The van der Waals surface area contributed by atoms with Crippen LogP contribution in [0.25, 0.3) is 11.1 Å². The maximum absolute atomic E-state index is 12.5. The number of fused-ring (bicyclic) bond motifs is 3. The molecule has 0 aliphatic heterocycles. The molecule has 4 rings (SSSR count). The maximum Gasteiger partial charge on any atom is 0.407 e. The zero-order chi connectivity index (χ0) is 27.5. The summed E-state index contributed by atoms with van der Waals surface area (Å²) in [6.07, 6.45) is 5.37. The van der Waals surface area contributed by atoms with Crippen molar-refractivity contribution in [3.8, 4) is 23.0 Å². The summed E-state index contributed by atoms with van der Waals surface area (Å²) in [5, 5.41) is 14.8. The first kappa shape index (κ1) is 28.2. The van der Waals surface area contributed by atoms with Crippen LogP contribution in [-0.2, 0) is 19.1 Å². The minimum Gasteiger partial charge on any atom is -0.480 e. The molecule has 0 unspecified atom stereocenters. The number of carbonyl (C=O) groups excluding carboxylic acids is 2. The molecule has 8 nitrogen and oxygen atoms in total. The average molecular weight is 533 g/mol. The van der Waals surface area contributed by atoms with E-state index in [9.17, 15) is 19.5 Å². The summed E-state index contributed by atoms with van der Waals surface area (Å²) in [7, 11) is 0. The van der Waals surface area contributed by atoms with E-state index < -0.39 is 18.1 Å². The van der Waals surface area contributed by atoms with Gasteiger partial charge in [0, 0.05) is 18.9 Å². The minimum atomic E-state index is -1.12. The van der Waals surface area contributed by atoms with Crippen molar-refractivity contribution in [2.45, 2.75) is 69.4 Å². The maximum atomic E-state index is 12.5. The summed E-state index contributed by atoms with van der Waals surface area (Å²) < 4.78 is 11.1. The summed E-state index contributed by atoms with van der Waals surface area (Å²) in [5.74, 6) is 4.72. The van der Waals surface area contributed by atoms with Gasteiger partial charge >= 0.3 is 12.1 Å². The van der Waals surface area contributed by atoms with Crippen molar-refractivity contribution >= 4 is 18.0 Å². The van der Waals surface area contributed by atoms with Gasteiger partial charge in [-0.1, -0.05) is 60.9 Å². The van der Waals surface area contributed by atoms with Crippen molar-refractivity contribution in [1.29, 1.82) is 0 Å². The van der Waals surface area contributed by atoms with Crippen LogP contribution < -0.4 is 10.6 Å². The number of aliphatic carboxylic acids is 1. The Morgan fingerprint density at radius 1 is 0.974 bits per heavy atom. The smallest absolute Gasteiger partial charge is 0.407 e. The molecule has 39 heavy (non-hydrogen) atoms. The van der Waals surface area contributed by atoms with Gasteiger partial charge in [-0.15, -0.1) is 5.92 Å². The van der Waals surface area contributed by atoms with Crippen molar-refractivity contribution in [1.82, 2.24) is 10.6 Å². The Morgan fingerprint density at radius 3 is 2.41 bits per heavy atom. The van der Waals surface area contributed by atoms with Crippen LogP contribution in [0.3, 0.4) is 0 Å². The van der Waals surface area contributed by atoms with E-state index in [0.29, 0.717) is 19.4 Å². The number of alkyl carbamates (subject to hydrolysis) is 1. The molecule has 0 aromatic heterocycles. The lowest BCUT2D eigenvalue weighted by Crippen LogP contribution is -2.41. The highest BCUT2D eigenvalue weighted by Crippen LogP contribution is 2.44. The molecule has 0 heterocycles. The second-order valence-corrected chi connectivity index (χ2v) is 9.93. The fraction of sp³-hybridized carbons (Fsp3) is 0.452. The average Bonchev–Trinajstić information content (AvgIpc) is 3.24. The summed E-state index contributed by atoms with van der Waals surface area (Å²) in [5.41, 5.74) is 4.42. The van der Waals surface area contributed by atoms with E-state index in [0.717, 1.165) is 54.4 Å². The molecule has 0 radical (unpaired) electrons. The molecule has 0 saturated heterocycles. The van der Waals surface area contributed by atoms with Crippen molar-refractivity contribution < 1.29 is 29.0 Å². The molecule has 2 aromatic carbocycles. The molecule has 3 N–H and O–H groups in total. The predicted octanol–water partition coefficient (Wildman–Crippen LogP) is 4.62. The molecule has 2 amide bonds. The van der Waals surface area contributed by atoms with Crippen LogP contribution in [0.4, 0.5) is 4.79 Å². The summed E-state index contributed by atoms with van der Waals surface area (Å²) in [6.45, 7) is 0.475. The van der Waals surface area contributed by atoms with Crippen LogP contribution in [0.1, 0.15) is 68.4 Å². The van der Waals surface area contributed by atoms with Crippen LogP contribution in [0.2, 0.25) is 0 Å². The third-order valence-corrected chi connectivity index (χ3v) is 7.12. The SMILES string of the molecule is O=C(CO[C@H]1C#CCCCCC1)NCCCC[C@@H](NC(=O)OCC1c2ccccc2-c2ccccc21)C(=O)O. The highest BCUT2D eigenvalue weighted by atomic mass is 16.5. The highest BCUT2D eigenvalue weighted by Gasteiger charge is 2.29. The van der Waals surface area contributed by atoms with Crippen LogP contribution in [-0.4, -0.2) is 55.0 Å². The first-order valence-corrected chi connectivity index (χ1v) is 13.7. The van der Waals surface area contributed by atoms with Crippen molar-refractivity contribution in [2.75, 3.05) is 19.8 Å². The fourth-order valence-electron chi connectivity index (χ4n) is 5.07. The molecule has 8 heteroatoms. The van der Waals surface area contributed by atoms with Crippen molar-refractivity contribution in [3.05, 3.63) is 59.7 Å². The predicted molar refractivity (Wildman–Crippen MR) is 147 cm³/mol. The number of carboxylic acid groups (broad SMARTS) is 1. The number of amides is 2. The molecular formula is C31H36N2O6. The number of benzene rings is 2. The molecule has 2 aromatic rings. The van der Waals surface area contributed by atoms with Gasteiger partial charge < -0.3 is 25.2 Å². The molecular weight excluding hydrogens is 496 g/mol. The number of hydrogen-bond acceptors (Lipinski definition) is 5. The van der Waals surface area contributed by atoms with E-state index in [4.69, 9.17) is 9.47 Å². The molecule has 0 fully saturated rings. The highest BCUT2D eigenvalue weighted by molar-refractivity contribution is 5.81. The van der Waals surface area contributed by atoms with Crippen LogP contribution in [0, 0.1) is 11.8 Å². The minimum absolute atomic E-state index is 0.0412. The summed E-state index contributed by atoms with van der Waals surface area (Å²) in [6, 6.07) is 15.0. The quantitative estimate of drug-likeness (QED) is 0.272. The lowest BCUT2D eigenvalue weighted by atomic mass is 9.98. The van der Waals surface area contributed by atoms with Gasteiger partial charge in [0.2, 0.25) is 5.91 Å². The molecule has 0 spiro atoms. The number of ether oxygens (including phenoxy) is 2. The number of hydrogen-bond donors (Lipinski definition) is 3. The van der Waals surface area contributed by atoms with E-state index >= 15 is 0 Å². The van der Waals surface area contributed by atoms with Gasteiger partial charge in [0.25, 0.3) is 0 Å². The summed E-state index contributed by atoms with van der Waals surface area (Å²) in [4.78, 5) is 36.3. The number of carboxylic acids is 1. The van der Waals surface area contributed by atoms with E-state index in [2.05, 4.69) is 34.6 Å². The third-order valence-electron chi connectivity index (χ3n) is 7.12. The Labute approximate surface area is 229 Å². The number of carbonyl (C=O) groups is 3. The van der Waals surface area contributed by atoms with Gasteiger partial charge in [-0.2, -0.15) is 0 Å². The zero-order valence-corrected chi connectivity index (χ0v) is 22.1. The van der Waals surface area contributed by atoms with Crippen LogP contribution in [0.15, 0.2) is 48.5 Å². The second kappa shape index (κ2) is 14.4. The normalized spacial score (nSPS) is 16.9. The van der Waals surface area contributed by atoms with Crippen molar-refractivity contribution in [3.63, 3.8) is 0 Å². The van der Waals surface area contributed by atoms with Gasteiger partial charge in [-0.25, -0.2) is 9.59 Å². The Kier molecular flexibility index (Phi) is 10.4. The third kappa shape index (κ3) is 8.08. The van der Waals surface area contributed by atoms with Crippen molar-refractivity contribution in [2.24, 2.45) is 0 Å². The van der Waals surface area contributed by atoms with Gasteiger partial charge in [0.15, 0.2) is 0 Å². The first-order valence-electron chi connectivity index (χ1n) is 13.7. The van der Waals surface area contributed by atoms with E-state index in [-0.39, 0.29) is 37.6 Å². The standard InChI is InChI=1S/C31H36N2O6/c34-29(21-38-22-12-4-2-1-3-5-13-22)32-19-11-10-18-28(30(35)36)33-31(37)39-20-27-25-16-8-6-14-23(25)24-15-7-9-17-26(24)27/h6-9,14-17,22,27-28H,1-4,10-12,18-21H2,(H,32,34)(H,33,37)(H,35,36)/t22-,28-/m1/s1. The zero-order valence-electron chi connectivity index (χ0n) is 22.1. The Hall–Kier alpha value is -3.83. The number of nitrogens with one attached hydrogen (secondary N) is 2. The lowest BCUT2D eigenvalue weighted by Gasteiger charge is -2.17.